The molecule has 1 unspecified atom stereocenters. The molecule has 1 saturated heterocycles. The fourth-order valence-corrected chi connectivity index (χ4v) is 2.62. The molecule has 2 rings (SSSR count). The van der Waals surface area contributed by atoms with Crippen LogP contribution in [0.15, 0.2) is 24.3 Å². The molecule has 1 aromatic rings. The van der Waals surface area contributed by atoms with Crippen molar-refractivity contribution < 1.29 is 9.59 Å². The lowest BCUT2D eigenvalue weighted by Gasteiger charge is -2.26. The number of nitrogens with one attached hydrogen (secondary N) is 1. The van der Waals surface area contributed by atoms with Crippen molar-refractivity contribution in [2.45, 2.75) is 33.7 Å². The van der Waals surface area contributed by atoms with Gasteiger partial charge in [-0.2, -0.15) is 0 Å². The standard InChI is InChI=1S/C16H23N3O2/c1-16(2,3)13-8-14(20)19(10-13)9-11-5-4-6-12(7-11)15(21)18-17/h4-7,13H,8-10,17H2,1-3H3,(H,18,21). The third-order valence-corrected chi connectivity index (χ3v) is 4.13. The van der Waals surface area contributed by atoms with Gasteiger partial charge >= 0.3 is 0 Å². The molecule has 1 heterocycles. The molecule has 1 aliphatic rings. The van der Waals surface area contributed by atoms with Crippen molar-refractivity contribution >= 4 is 11.8 Å². The molecule has 0 bridgehead atoms. The van der Waals surface area contributed by atoms with Crippen LogP contribution in [-0.4, -0.2) is 23.3 Å². The van der Waals surface area contributed by atoms with Crippen molar-refractivity contribution in [1.82, 2.24) is 10.3 Å². The predicted octanol–water partition coefficient (Wildman–Crippen LogP) is 1.68. The molecular formula is C16H23N3O2. The van der Waals surface area contributed by atoms with Gasteiger partial charge in [0.25, 0.3) is 5.91 Å². The number of carbonyl (C=O) groups excluding carboxylic acids is 2. The van der Waals surface area contributed by atoms with E-state index in [2.05, 4.69) is 26.2 Å². The van der Waals surface area contributed by atoms with Gasteiger partial charge in [0.2, 0.25) is 5.91 Å². The molecule has 0 aliphatic carbocycles. The Labute approximate surface area is 125 Å². The van der Waals surface area contributed by atoms with Crippen LogP contribution in [0.2, 0.25) is 0 Å². The average molecular weight is 289 g/mol. The van der Waals surface area contributed by atoms with E-state index in [-0.39, 0.29) is 17.2 Å². The van der Waals surface area contributed by atoms with Crippen LogP contribution in [0, 0.1) is 11.3 Å². The fourth-order valence-electron chi connectivity index (χ4n) is 2.62. The highest BCUT2D eigenvalue weighted by atomic mass is 16.2. The number of rotatable bonds is 3. The maximum absolute atomic E-state index is 12.1. The summed E-state index contributed by atoms with van der Waals surface area (Å²) in [4.78, 5) is 25.5. The number of hydrogen-bond donors (Lipinski definition) is 2. The van der Waals surface area contributed by atoms with Crippen LogP contribution < -0.4 is 11.3 Å². The third kappa shape index (κ3) is 3.61. The van der Waals surface area contributed by atoms with Crippen LogP contribution in [-0.2, 0) is 11.3 Å². The fraction of sp³-hybridized carbons (Fsp3) is 0.500. The van der Waals surface area contributed by atoms with E-state index < -0.39 is 0 Å². The van der Waals surface area contributed by atoms with E-state index in [0.717, 1.165) is 12.1 Å². The molecule has 0 saturated carbocycles. The second-order valence-electron chi connectivity index (χ2n) is 6.72. The van der Waals surface area contributed by atoms with Crippen LogP contribution in [0.1, 0.15) is 43.1 Å². The van der Waals surface area contributed by atoms with E-state index in [1.807, 2.05) is 17.0 Å². The molecule has 1 aliphatic heterocycles. The van der Waals surface area contributed by atoms with Gasteiger partial charge in [-0.15, -0.1) is 0 Å². The van der Waals surface area contributed by atoms with E-state index in [0.29, 0.717) is 24.4 Å². The third-order valence-electron chi connectivity index (χ3n) is 4.13. The van der Waals surface area contributed by atoms with Crippen molar-refractivity contribution in [3.8, 4) is 0 Å². The SMILES string of the molecule is CC(C)(C)C1CC(=O)N(Cc2cccc(C(=O)NN)c2)C1. The van der Waals surface area contributed by atoms with Crippen molar-refractivity contribution in [2.75, 3.05) is 6.54 Å². The minimum absolute atomic E-state index is 0.131. The van der Waals surface area contributed by atoms with Gasteiger partial charge in [-0.3, -0.25) is 15.0 Å². The van der Waals surface area contributed by atoms with Gasteiger partial charge in [0.15, 0.2) is 0 Å². The zero-order valence-corrected chi connectivity index (χ0v) is 12.8. The highest BCUT2D eigenvalue weighted by molar-refractivity contribution is 5.93. The van der Waals surface area contributed by atoms with Gasteiger partial charge in [0.05, 0.1) is 0 Å². The van der Waals surface area contributed by atoms with E-state index >= 15 is 0 Å². The number of hydrazine groups is 1. The summed E-state index contributed by atoms with van der Waals surface area (Å²) < 4.78 is 0. The number of nitrogen functional groups attached to an aromatic ring is 1. The monoisotopic (exact) mass is 289 g/mol. The molecule has 5 heteroatoms. The zero-order chi connectivity index (χ0) is 15.6. The van der Waals surface area contributed by atoms with Crippen LogP contribution >= 0.6 is 0 Å². The largest absolute Gasteiger partial charge is 0.338 e. The Kier molecular flexibility index (Phi) is 4.32. The minimum Gasteiger partial charge on any atom is -0.338 e. The first-order chi connectivity index (χ1) is 9.81. The number of carbonyl (C=O) groups is 2. The lowest BCUT2D eigenvalue weighted by atomic mass is 9.80. The molecular weight excluding hydrogens is 266 g/mol. The smallest absolute Gasteiger partial charge is 0.265 e. The molecule has 1 atom stereocenters. The summed E-state index contributed by atoms with van der Waals surface area (Å²) in [5.74, 6) is 5.38. The molecule has 0 spiro atoms. The predicted molar refractivity (Wildman–Crippen MR) is 81.1 cm³/mol. The summed E-state index contributed by atoms with van der Waals surface area (Å²) >= 11 is 0. The highest BCUT2D eigenvalue weighted by Crippen LogP contribution is 2.34. The Bertz CT molecular complexity index is 549. The summed E-state index contributed by atoms with van der Waals surface area (Å²) in [7, 11) is 0. The highest BCUT2D eigenvalue weighted by Gasteiger charge is 2.36. The number of likely N-dealkylation sites (tertiary alicyclic amines) is 1. The van der Waals surface area contributed by atoms with Crippen LogP contribution in [0.5, 0.6) is 0 Å². The summed E-state index contributed by atoms with van der Waals surface area (Å²) in [5.41, 5.74) is 3.70. The van der Waals surface area contributed by atoms with E-state index in [9.17, 15) is 9.59 Å². The summed E-state index contributed by atoms with van der Waals surface area (Å²) in [6, 6.07) is 7.21. The number of hydrogen-bond acceptors (Lipinski definition) is 3. The Morgan fingerprint density at radius 3 is 2.71 bits per heavy atom. The Balaban J connectivity index is 2.09. The van der Waals surface area contributed by atoms with Crippen molar-refractivity contribution in [2.24, 2.45) is 17.2 Å². The number of benzene rings is 1. The summed E-state index contributed by atoms with van der Waals surface area (Å²) in [6.07, 6.45) is 0.604. The molecule has 21 heavy (non-hydrogen) atoms. The molecule has 114 valence electrons. The van der Waals surface area contributed by atoms with Crippen molar-refractivity contribution in [1.29, 1.82) is 0 Å². The van der Waals surface area contributed by atoms with Crippen LogP contribution in [0.4, 0.5) is 0 Å². The lowest BCUT2D eigenvalue weighted by Crippen LogP contribution is -2.30. The Morgan fingerprint density at radius 1 is 1.43 bits per heavy atom. The van der Waals surface area contributed by atoms with Gasteiger partial charge in [-0.05, 0) is 29.0 Å². The van der Waals surface area contributed by atoms with Gasteiger partial charge in [0.1, 0.15) is 0 Å². The first-order valence-electron chi connectivity index (χ1n) is 7.19. The molecule has 0 aromatic heterocycles. The van der Waals surface area contributed by atoms with Gasteiger partial charge in [-0.1, -0.05) is 32.9 Å². The zero-order valence-electron chi connectivity index (χ0n) is 12.8. The topological polar surface area (TPSA) is 75.4 Å². The second kappa shape index (κ2) is 5.85. The maximum atomic E-state index is 12.1. The number of nitrogens with zero attached hydrogens (tertiary/aromatic N) is 1. The van der Waals surface area contributed by atoms with Gasteiger partial charge in [0, 0.05) is 25.1 Å². The van der Waals surface area contributed by atoms with Crippen molar-refractivity contribution in [3.63, 3.8) is 0 Å². The first kappa shape index (κ1) is 15.5. The number of amides is 2. The van der Waals surface area contributed by atoms with Crippen LogP contribution in [0.25, 0.3) is 0 Å². The number of nitrogens with two attached hydrogens (primary N) is 1. The minimum atomic E-state index is -0.322. The Hall–Kier alpha value is -1.88. The maximum Gasteiger partial charge on any atom is 0.265 e. The van der Waals surface area contributed by atoms with Gasteiger partial charge in [-0.25, -0.2) is 5.84 Å². The lowest BCUT2D eigenvalue weighted by molar-refractivity contribution is -0.128. The van der Waals surface area contributed by atoms with E-state index in [1.54, 1.807) is 12.1 Å². The second-order valence-corrected chi connectivity index (χ2v) is 6.72. The average Bonchev–Trinajstić information content (AvgIpc) is 2.80. The van der Waals surface area contributed by atoms with Gasteiger partial charge < -0.3 is 4.90 Å². The first-order valence-corrected chi connectivity index (χ1v) is 7.19. The molecule has 2 amide bonds. The normalized spacial score (nSPS) is 19.0. The quantitative estimate of drug-likeness (QED) is 0.505. The van der Waals surface area contributed by atoms with Crippen LogP contribution in [0.3, 0.4) is 0 Å². The molecule has 1 aromatic carbocycles. The van der Waals surface area contributed by atoms with E-state index in [4.69, 9.17) is 5.84 Å². The molecule has 1 fully saturated rings. The summed E-state index contributed by atoms with van der Waals surface area (Å²) in [5, 5.41) is 0. The molecule has 5 nitrogen and oxygen atoms in total. The Morgan fingerprint density at radius 2 is 2.14 bits per heavy atom. The molecule has 0 radical (unpaired) electrons. The molecule has 3 N–H and O–H groups in total. The summed E-state index contributed by atoms with van der Waals surface area (Å²) in [6.45, 7) is 7.81. The van der Waals surface area contributed by atoms with Crippen molar-refractivity contribution in [3.05, 3.63) is 35.4 Å². The van der Waals surface area contributed by atoms with E-state index in [1.165, 1.54) is 0 Å².